The first kappa shape index (κ1) is 14.6. The third-order valence-electron chi connectivity index (χ3n) is 2.18. The van der Waals surface area contributed by atoms with Gasteiger partial charge in [0.25, 0.3) is 5.69 Å². The van der Waals surface area contributed by atoms with E-state index in [-0.39, 0.29) is 24.3 Å². The summed E-state index contributed by atoms with van der Waals surface area (Å²) in [5.41, 5.74) is -0.117. The molecule has 18 heavy (non-hydrogen) atoms. The zero-order valence-electron chi connectivity index (χ0n) is 9.56. The lowest BCUT2D eigenvalue weighted by molar-refractivity contribution is -0.385. The van der Waals surface area contributed by atoms with Gasteiger partial charge >= 0.3 is 5.97 Å². The zero-order valence-corrected chi connectivity index (χ0v) is 11.1. The predicted octanol–water partition coefficient (Wildman–Crippen LogP) is 2.60. The standard InChI is InChI=1S/C11H11BrFNO4/c1-2-18-11(15)9(12)6-7-5-8(14(16)17)3-4-10(7)13/h3-5,9H,2,6H2,1H3. The molecule has 1 rings (SSSR count). The lowest BCUT2D eigenvalue weighted by Crippen LogP contribution is -2.20. The molecule has 1 unspecified atom stereocenters. The Bertz CT molecular complexity index is 466. The molecule has 0 aromatic heterocycles. The molecule has 5 nitrogen and oxygen atoms in total. The summed E-state index contributed by atoms with van der Waals surface area (Å²) in [6.07, 6.45) is -0.00759. The van der Waals surface area contributed by atoms with Gasteiger partial charge in [-0.3, -0.25) is 14.9 Å². The lowest BCUT2D eigenvalue weighted by atomic mass is 10.1. The molecule has 98 valence electrons. The normalized spacial score (nSPS) is 11.9. The molecule has 0 heterocycles. The van der Waals surface area contributed by atoms with Gasteiger partial charge in [0.1, 0.15) is 10.6 Å². The van der Waals surface area contributed by atoms with Gasteiger partial charge in [0.05, 0.1) is 11.5 Å². The summed E-state index contributed by atoms with van der Waals surface area (Å²) in [6, 6.07) is 3.20. The lowest BCUT2D eigenvalue weighted by Gasteiger charge is -2.09. The van der Waals surface area contributed by atoms with E-state index in [0.717, 1.165) is 18.2 Å². The molecule has 1 aromatic rings. The maximum absolute atomic E-state index is 13.4. The Kier molecular flexibility index (Phi) is 5.21. The summed E-state index contributed by atoms with van der Waals surface area (Å²) >= 11 is 3.07. The number of rotatable bonds is 5. The van der Waals surface area contributed by atoms with Crippen LogP contribution in [0.25, 0.3) is 0 Å². The number of ether oxygens (including phenoxy) is 1. The third kappa shape index (κ3) is 3.76. The Labute approximate surface area is 111 Å². The van der Waals surface area contributed by atoms with Crippen LogP contribution in [0.1, 0.15) is 12.5 Å². The highest BCUT2D eigenvalue weighted by molar-refractivity contribution is 9.10. The van der Waals surface area contributed by atoms with Gasteiger partial charge in [-0.15, -0.1) is 0 Å². The fourth-order valence-electron chi connectivity index (χ4n) is 1.34. The maximum atomic E-state index is 13.4. The van der Waals surface area contributed by atoms with Crippen molar-refractivity contribution in [1.29, 1.82) is 0 Å². The van der Waals surface area contributed by atoms with Crippen molar-refractivity contribution in [2.75, 3.05) is 6.61 Å². The molecular formula is C11H11BrFNO4. The average Bonchev–Trinajstić information content (AvgIpc) is 2.31. The second kappa shape index (κ2) is 6.44. The van der Waals surface area contributed by atoms with Crippen molar-refractivity contribution in [1.82, 2.24) is 0 Å². The Morgan fingerprint density at radius 2 is 2.28 bits per heavy atom. The molecule has 0 aliphatic carbocycles. The number of carbonyl (C=O) groups is 1. The van der Waals surface area contributed by atoms with Crippen molar-refractivity contribution >= 4 is 27.6 Å². The van der Waals surface area contributed by atoms with Gasteiger partial charge in [-0.2, -0.15) is 0 Å². The fourth-order valence-corrected chi connectivity index (χ4v) is 1.82. The first-order valence-corrected chi connectivity index (χ1v) is 6.10. The summed E-state index contributed by atoms with van der Waals surface area (Å²) in [7, 11) is 0. The number of hydrogen-bond acceptors (Lipinski definition) is 4. The van der Waals surface area contributed by atoms with E-state index in [1.807, 2.05) is 0 Å². The number of alkyl halides is 1. The van der Waals surface area contributed by atoms with Crippen molar-refractivity contribution in [3.05, 3.63) is 39.7 Å². The monoisotopic (exact) mass is 319 g/mol. The van der Waals surface area contributed by atoms with Crippen molar-refractivity contribution in [2.24, 2.45) is 0 Å². The topological polar surface area (TPSA) is 69.4 Å². The minimum absolute atomic E-state index is 0.00759. The van der Waals surface area contributed by atoms with Gasteiger partial charge in [0.15, 0.2) is 0 Å². The first-order chi connectivity index (χ1) is 8.45. The van der Waals surface area contributed by atoms with E-state index in [4.69, 9.17) is 4.74 Å². The number of nitro benzene ring substituents is 1. The van der Waals surface area contributed by atoms with E-state index >= 15 is 0 Å². The van der Waals surface area contributed by atoms with Crippen molar-refractivity contribution < 1.29 is 18.8 Å². The van der Waals surface area contributed by atoms with Crippen molar-refractivity contribution in [3.63, 3.8) is 0 Å². The van der Waals surface area contributed by atoms with Crippen molar-refractivity contribution in [3.8, 4) is 0 Å². The summed E-state index contributed by atoms with van der Waals surface area (Å²) in [5.74, 6) is -1.11. The summed E-state index contributed by atoms with van der Waals surface area (Å²) < 4.78 is 18.2. The molecule has 0 aliphatic rings. The summed E-state index contributed by atoms with van der Waals surface area (Å²) in [4.78, 5) is 20.6. The number of non-ortho nitro benzene ring substituents is 1. The van der Waals surface area contributed by atoms with Gasteiger partial charge in [-0.1, -0.05) is 15.9 Å². The van der Waals surface area contributed by atoms with Crippen LogP contribution in [-0.2, 0) is 16.0 Å². The van der Waals surface area contributed by atoms with E-state index in [2.05, 4.69) is 15.9 Å². The highest BCUT2D eigenvalue weighted by Crippen LogP contribution is 2.20. The molecule has 1 aromatic carbocycles. The number of esters is 1. The molecule has 1 atom stereocenters. The molecule has 7 heteroatoms. The Morgan fingerprint density at radius 3 is 2.83 bits per heavy atom. The van der Waals surface area contributed by atoms with Gasteiger partial charge in [0, 0.05) is 12.1 Å². The van der Waals surface area contributed by atoms with Crippen LogP contribution < -0.4 is 0 Å². The molecule has 0 fully saturated rings. The molecule has 0 spiro atoms. The largest absolute Gasteiger partial charge is 0.465 e. The molecule has 0 amide bonds. The van der Waals surface area contributed by atoms with Gasteiger partial charge < -0.3 is 4.74 Å². The van der Waals surface area contributed by atoms with Crippen LogP contribution in [0, 0.1) is 15.9 Å². The molecule has 0 bridgehead atoms. The summed E-state index contributed by atoms with van der Waals surface area (Å²) in [5, 5.41) is 10.6. The quantitative estimate of drug-likeness (QED) is 0.362. The molecule has 0 radical (unpaired) electrons. The first-order valence-electron chi connectivity index (χ1n) is 5.19. The van der Waals surface area contributed by atoms with E-state index < -0.39 is 21.5 Å². The fraction of sp³-hybridized carbons (Fsp3) is 0.364. The minimum atomic E-state index is -0.728. The average molecular weight is 320 g/mol. The van der Waals surface area contributed by atoms with Crippen LogP contribution in [0.15, 0.2) is 18.2 Å². The highest BCUT2D eigenvalue weighted by atomic mass is 79.9. The number of carbonyl (C=O) groups excluding carboxylic acids is 1. The Hall–Kier alpha value is -1.50. The number of nitrogens with zero attached hydrogens (tertiary/aromatic N) is 1. The molecule has 0 saturated heterocycles. The van der Waals surface area contributed by atoms with Crippen LogP contribution in [0.2, 0.25) is 0 Å². The predicted molar refractivity (Wildman–Crippen MR) is 66.1 cm³/mol. The zero-order chi connectivity index (χ0) is 13.7. The highest BCUT2D eigenvalue weighted by Gasteiger charge is 2.20. The van der Waals surface area contributed by atoms with E-state index in [1.54, 1.807) is 6.92 Å². The SMILES string of the molecule is CCOC(=O)C(Br)Cc1cc([N+](=O)[O-])ccc1F. The maximum Gasteiger partial charge on any atom is 0.320 e. The number of benzene rings is 1. The molecule has 0 saturated carbocycles. The minimum Gasteiger partial charge on any atom is -0.465 e. The van der Waals surface area contributed by atoms with E-state index in [9.17, 15) is 19.3 Å². The number of halogens is 2. The van der Waals surface area contributed by atoms with Crippen LogP contribution in [0.5, 0.6) is 0 Å². The van der Waals surface area contributed by atoms with Crippen LogP contribution in [-0.4, -0.2) is 22.3 Å². The van der Waals surface area contributed by atoms with Crippen LogP contribution in [0.4, 0.5) is 10.1 Å². The number of nitro groups is 1. The Morgan fingerprint density at radius 1 is 1.61 bits per heavy atom. The van der Waals surface area contributed by atoms with Gasteiger partial charge in [-0.25, -0.2) is 4.39 Å². The van der Waals surface area contributed by atoms with Gasteiger partial charge in [-0.05, 0) is 25.0 Å². The molecule has 0 N–H and O–H groups in total. The third-order valence-corrected chi connectivity index (χ3v) is 2.88. The Balaban J connectivity index is 2.86. The van der Waals surface area contributed by atoms with E-state index in [1.165, 1.54) is 0 Å². The molecular weight excluding hydrogens is 309 g/mol. The van der Waals surface area contributed by atoms with E-state index in [0.29, 0.717) is 0 Å². The van der Waals surface area contributed by atoms with Crippen molar-refractivity contribution in [2.45, 2.75) is 18.2 Å². The second-order valence-corrected chi connectivity index (χ2v) is 4.56. The van der Waals surface area contributed by atoms with Crippen LogP contribution in [0.3, 0.4) is 0 Å². The second-order valence-electron chi connectivity index (χ2n) is 3.46. The smallest absolute Gasteiger partial charge is 0.320 e. The number of hydrogen-bond donors (Lipinski definition) is 0. The summed E-state index contributed by atoms with van der Waals surface area (Å²) in [6.45, 7) is 1.88. The van der Waals surface area contributed by atoms with Crippen LogP contribution >= 0.6 is 15.9 Å². The van der Waals surface area contributed by atoms with Gasteiger partial charge in [0.2, 0.25) is 0 Å². The molecule has 0 aliphatic heterocycles.